The number of hydrogen-bond acceptors (Lipinski definition) is 3. The number of imide groups is 1. The Hall–Kier alpha value is -1.16. The third-order valence-electron chi connectivity index (χ3n) is 3.89. The van der Waals surface area contributed by atoms with Gasteiger partial charge in [-0.05, 0) is 18.3 Å². The first-order valence-corrected chi connectivity index (χ1v) is 5.38. The average molecular weight is 207 g/mol. The minimum absolute atomic E-state index is 0.0732. The van der Waals surface area contributed by atoms with Crippen molar-refractivity contribution in [2.24, 2.45) is 23.7 Å². The smallest absolute Gasteiger partial charge is 0.233 e. The van der Waals surface area contributed by atoms with Crippen molar-refractivity contribution in [2.45, 2.75) is 6.42 Å². The predicted molar refractivity (Wildman–Crippen MR) is 51.5 cm³/mol. The fourth-order valence-electron chi connectivity index (χ4n) is 3.28. The van der Waals surface area contributed by atoms with Crippen molar-refractivity contribution in [3.63, 3.8) is 0 Å². The SMILES string of the molecule is O=C1[C@@H]2C3C=CC(C3)[C@@H]2C(=O)N1CCO. The summed E-state index contributed by atoms with van der Waals surface area (Å²) in [5, 5.41) is 8.81. The number of nitrogens with zero attached hydrogens (tertiary/aromatic N) is 1. The number of carbonyl (C=O) groups excluding carboxylic acids is 2. The lowest BCUT2D eigenvalue weighted by molar-refractivity contribution is -0.141. The molecular weight excluding hydrogens is 194 g/mol. The molecule has 4 nitrogen and oxygen atoms in total. The molecule has 1 heterocycles. The van der Waals surface area contributed by atoms with Crippen LogP contribution < -0.4 is 0 Å². The van der Waals surface area contributed by atoms with Gasteiger partial charge in [-0.1, -0.05) is 12.2 Å². The number of likely N-dealkylation sites (tertiary alicyclic amines) is 1. The molecule has 2 fully saturated rings. The second-order valence-corrected chi connectivity index (χ2v) is 4.55. The monoisotopic (exact) mass is 207 g/mol. The Bertz CT molecular complexity index is 333. The summed E-state index contributed by atoms with van der Waals surface area (Å²) in [5.41, 5.74) is 0. The molecule has 80 valence electrons. The third-order valence-corrected chi connectivity index (χ3v) is 3.89. The number of carbonyl (C=O) groups is 2. The Balaban J connectivity index is 1.93. The highest BCUT2D eigenvalue weighted by atomic mass is 16.3. The van der Waals surface area contributed by atoms with Crippen LogP contribution in [0.2, 0.25) is 0 Å². The molecule has 3 aliphatic rings. The first-order chi connectivity index (χ1) is 7.24. The summed E-state index contributed by atoms with van der Waals surface area (Å²) < 4.78 is 0. The van der Waals surface area contributed by atoms with E-state index in [9.17, 15) is 9.59 Å². The van der Waals surface area contributed by atoms with Gasteiger partial charge < -0.3 is 5.11 Å². The van der Waals surface area contributed by atoms with Gasteiger partial charge in [-0.3, -0.25) is 14.5 Å². The fourth-order valence-corrected chi connectivity index (χ4v) is 3.28. The zero-order valence-electron chi connectivity index (χ0n) is 8.30. The Kier molecular flexibility index (Phi) is 1.77. The molecule has 15 heavy (non-hydrogen) atoms. The highest BCUT2D eigenvalue weighted by molar-refractivity contribution is 6.06. The van der Waals surface area contributed by atoms with Crippen LogP contribution in [0, 0.1) is 23.7 Å². The molecule has 4 atom stereocenters. The highest BCUT2D eigenvalue weighted by Crippen LogP contribution is 2.52. The van der Waals surface area contributed by atoms with Gasteiger partial charge in [0.2, 0.25) is 11.8 Å². The molecule has 1 aliphatic heterocycles. The van der Waals surface area contributed by atoms with Crippen LogP contribution in [-0.2, 0) is 9.59 Å². The van der Waals surface area contributed by atoms with E-state index in [4.69, 9.17) is 5.11 Å². The van der Waals surface area contributed by atoms with E-state index >= 15 is 0 Å². The molecule has 2 unspecified atom stereocenters. The maximum absolute atomic E-state index is 11.9. The molecule has 3 rings (SSSR count). The van der Waals surface area contributed by atoms with Crippen LogP contribution in [0.3, 0.4) is 0 Å². The lowest BCUT2D eigenvalue weighted by Gasteiger charge is -2.15. The lowest BCUT2D eigenvalue weighted by Crippen LogP contribution is -2.35. The second-order valence-electron chi connectivity index (χ2n) is 4.55. The van der Waals surface area contributed by atoms with Gasteiger partial charge in [-0.25, -0.2) is 0 Å². The van der Waals surface area contributed by atoms with E-state index in [0.717, 1.165) is 6.42 Å². The maximum Gasteiger partial charge on any atom is 0.233 e. The minimum atomic E-state index is -0.139. The van der Waals surface area contributed by atoms with E-state index in [2.05, 4.69) is 12.2 Å². The predicted octanol–water partition coefficient (Wildman–Crippen LogP) is -0.214. The van der Waals surface area contributed by atoms with Crippen molar-refractivity contribution in [1.29, 1.82) is 0 Å². The van der Waals surface area contributed by atoms with Crippen molar-refractivity contribution >= 4 is 11.8 Å². The Labute approximate surface area is 87.6 Å². The summed E-state index contributed by atoms with van der Waals surface area (Å²) in [6.07, 6.45) is 5.10. The minimum Gasteiger partial charge on any atom is -0.395 e. The Morgan fingerprint density at radius 1 is 1.20 bits per heavy atom. The average Bonchev–Trinajstić information content (AvgIpc) is 2.87. The van der Waals surface area contributed by atoms with Crippen molar-refractivity contribution < 1.29 is 14.7 Å². The summed E-state index contributed by atoms with van der Waals surface area (Å²) in [7, 11) is 0. The van der Waals surface area contributed by atoms with Crippen LogP contribution in [0.1, 0.15) is 6.42 Å². The molecule has 1 saturated heterocycles. The van der Waals surface area contributed by atoms with Gasteiger partial charge in [-0.2, -0.15) is 0 Å². The number of allylic oxidation sites excluding steroid dienone is 2. The summed E-state index contributed by atoms with van der Waals surface area (Å²) in [6, 6.07) is 0. The van der Waals surface area contributed by atoms with Crippen LogP contribution in [0.15, 0.2) is 12.2 Å². The van der Waals surface area contributed by atoms with Crippen molar-refractivity contribution in [1.82, 2.24) is 4.90 Å². The van der Waals surface area contributed by atoms with Crippen LogP contribution in [0.25, 0.3) is 0 Å². The van der Waals surface area contributed by atoms with Gasteiger partial charge >= 0.3 is 0 Å². The molecule has 0 radical (unpaired) electrons. The van der Waals surface area contributed by atoms with Crippen LogP contribution in [-0.4, -0.2) is 35.0 Å². The molecule has 1 saturated carbocycles. The number of rotatable bonds is 2. The van der Waals surface area contributed by atoms with Gasteiger partial charge in [0, 0.05) is 0 Å². The number of β-amino-alcohol motifs (C(OH)–C–C–N with tert-alkyl or cyclic N) is 1. The van der Waals surface area contributed by atoms with Gasteiger partial charge in [-0.15, -0.1) is 0 Å². The Morgan fingerprint density at radius 3 is 2.20 bits per heavy atom. The molecule has 0 aromatic carbocycles. The first kappa shape index (κ1) is 9.09. The number of fused-ring (bicyclic) bond motifs is 5. The third kappa shape index (κ3) is 1.00. The van der Waals surface area contributed by atoms with Crippen molar-refractivity contribution in [3.05, 3.63) is 12.2 Å². The molecule has 0 spiro atoms. The summed E-state index contributed by atoms with van der Waals surface area (Å²) in [6.45, 7) is 0.0176. The normalized spacial score (nSPS) is 41.8. The summed E-state index contributed by atoms with van der Waals surface area (Å²) in [5.74, 6) is 0.130. The molecule has 2 bridgehead atoms. The zero-order valence-corrected chi connectivity index (χ0v) is 8.30. The highest BCUT2D eigenvalue weighted by Gasteiger charge is 2.58. The van der Waals surface area contributed by atoms with Gasteiger partial charge in [0.1, 0.15) is 0 Å². The number of hydrogen-bond donors (Lipinski definition) is 1. The molecule has 2 aliphatic carbocycles. The standard InChI is InChI=1S/C11H13NO3/c13-4-3-12-10(14)8-6-1-2-7(5-6)9(8)11(12)15/h1-2,6-9,13H,3-5H2/t6?,7?,8-,9+. The van der Waals surface area contributed by atoms with Gasteiger partial charge in [0.25, 0.3) is 0 Å². The topological polar surface area (TPSA) is 57.6 Å². The number of amides is 2. The lowest BCUT2D eigenvalue weighted by atomic mass is 9.85. The molecular formula is C11H13NO3. The van der Waals surface area contributed by atoms with Crippen molar-refractivity contribution in [2.75, 3.05) is 13.2 Å². The summed E-state index contributed by atoms with van der Waals surface area (Å²) >= 11 is 0. The Morgan fingerprint density at radius 2 is 1.73 bits per heavy atom. The molecule has 0 aromatic heterocycles. The van der Waals surface area contributed by atoms with Crippen LogP contribution in [0.4, 0.5) is 0 Å². The second kappa shape index (κ2) is 2.92. The van der Waals surface area contributed by atoms with E-state index in [1.807, 2.05) is 0 Å². The van der Waals surface area contributed by atoms with Gasteiger partial charge in [0.15, 0.2) is 0 Å². The van der Waals surface area contributed by atoms with E-state index in [-0.39, 0.29) is 48.6 Å². The van der Waals surface area contributed by atoms with Crippen molar-refractivity contribution in [3.8, 4) is 0 Å². The van der Waals surface area contributed by atoms with Crippen LogP contribution in [0.5, 0.6) is 0 Å². The number of aliphatic hydroxyl groups is 1. The van der Waals surface area contributed by atoms with E-state index in [1.54, 1.807) is 0 Å². The van der Waals surface area contributed by atoms with E-state index < -0.39 is 0 Å². The van der Waals surface area contributed by atoms with E-state index in [0.29, 0.717) is 0 Å². The largest absolute Gasteiger partial charge is 0.395 e. The maximum atomic E-state index is 11.9. The first-order valence-electron chi connectivity index (χ1n) is 5.38. The summed E-state index contributed by atoms with van der Waals surface area (Å²) in [4.78, 5) is 25.1. The fraction of sp³-hybridized carbons (Fsp3) is 0.636. The molecule has 2 amide bonds. The number of aliphatic hydroxyl groups excluding tert-OH is 1. The van der Waals surface area contributed by atoms with E-state index in [1.165, 1.54) is 4.90 Å². The molecule has 4 heteroatoms. The van der Waals surface area contributed by atoms with Gasteiger partial charge in [0.05, 0.1) is 25.0 Å². The molecule has 1 N–H and O–H groups in total. The van der Waals surface area contributed by atoms with Crippen LogP contribution >= 0.6 is 0 Å². The zero-order chi connectivity index (χ0) is 10.6. The quantitative estimate of drug-likeness (QED) is 0.503. The molecule has 0 aromatic rings.